The Balaban J connectivity index is 2.05. The largest absolute Gasteiger partial charge is 0.497 e. The van der Waals surface area contributed by atoms with Gasteiger partial charge in [-0.2, -0.15) is 0 Å². The van der Waals surface area contributed by atoms with E-state index >= 15 is 0 Å². The summed E-state index contributed by atoms with van der Waals surface area (Å²) in [6.45, 7) is 0.720. The molecule has 0 bridgehead atoms. The van der Waals surface area contributed by atoms with E-state index in [2.05, 4.69) is 10.6 Å². The lowest BCUT2D eigenvalue weighted by molar-refractivity contribution is 0.283. The molecule has 0 saturated carbocycles. The molecule has 4 heteroatoms. The number of rotatable bonds is 4. The molecule has 21 heavy (non-hydrogen) atoms. The molecule has 3 aromatic rings. The molecule has 0 aliphatic heterocycles. The number of hydrogen-bond donors (Lipinski definition) is 1. The van der Waals surface area contributed by atoms with Crippen LogP contribution in [0.5, 0.6) is 5.75 Å². The molecule has 108 valence electrons. The minimum atomic E-state index is 0.0171. The van der Waals surface area contributed by atoms with Gasteiger partial charge < -0.3 is 14.4 Å². The molecule has 0 aliphatic carbocycles. The summed E-state index contributed by atoms with van der Waals surface area (Å²) in [7, 11) is 1.66. The number of nitrogens with zero attached hydrogens (tertiary/aromatic N) is 1. The maximum atomic E-state index is 9.50. The zero-order valence-corrected chi connectivity index (χ0v) is 12.5. The summed E-state index contributed by atoms with van der Waals surface area (Å²) in [6.07, 6.45) is 1.97. The van der Waals surface area contributed by atoms with Crippen molar-refractivity contribution >= 4 is 22.5 Å². The zero-order valence-electron chi connectivity index (χ0n) is 11.7. The quantitative estimate of drug-likeness (QED) is 0.794. The summed E-state index contributed by atoms with van der Waals surface area (Å²) in [5.74, 6) is 0.837. The minimum absolute atomic E-state index is 0.0171. The molecule has 1 N–H and O–H groups in total. The lowest BCUT2D eigenvalue weighted by Gasteiger charge is -2.07. The topological polar surface area (TPSA) is 34.4 Å². The van der Waals surface area contributed by atoms with E-state index in [0.717, 1.165) is 27.8 Å². The van der Waals surface area contributed by atoms with Crippen molar-refractivity contribution in [1.29, 1.82) is 0 Å². The molecule has 0 fully saturated rings. The Morgan fingerprint density at radius 1 is 1.19 bits per heavy atom. The van der Waals surface area contributed by atoms with Gasteiger partial charge >= 0.3 is 0 Å². The van der Waals surface area contributed by atoms with E-state index in [1.165, 1.54) is 0 Å². The number of ether oxygens (including phenoxy) is 1. The Kier molecular flexibility index (Phi) is 3.86. The first-order valence-electron chi connectivity index (χ1n) is 6.72. The first-order chi connectivity index (χ1) is 10.2. The highest BCUT2D eigenvalue weighted by molar-refractivity contribution is 6.31. The van der Waals surface area contributed by atoms with Crippen LogP contribution in [-0.2, 0) is 13.2 Å². The second kappa shape index (κ2) is 5.80. The summed E-state index contributed by atoms with van der Waals surface area (Å²) in [5, 5.41) is 11.2. The predicted molar refractivity (Wildman–Crippen MR) is 85.0 cm³/mol. The predicted octanol–water partition coefficient (Wildman–Crippen LogP) is 3.84. The number of aliphatic hydroxyl groups is 1. The fourth-order valence-corrected chi connectivity index (χ4v) is 2.73. The van der Waals surface area contributed by atoms with Crippen molar-refractivity contribution in [1.82, 2.24) is 4.57 Å². The van der Waals surface area contributed by atoms with E-state index in [-0.39, 0.29) is 6.61 Å². The van der Waals surface area contributed by atoms with Crippen LogP contribution < -0.4 is 4.74 Å². The minimum Gasteiger partial charge on any atom is -0.497 e. The van der Waals surface area contributed by atoms with Gasteiger partial charge in [-0.15, -0.1) is 0 Å². The first kappa shape index (κ1) is 14.0. The Bertz CT molecular complexity index is 780. The van der Waals surface area contributed by atoms with Gasteiger partial charge in [-0.25, -0.2) is 0 Å². The lowest BCUT2D eigenvalue weighted by atomic mass is 10.2. The van der Waals surface area contributed by atoms with E-state index in [4.69, 9.17) is 16.3 Å². The molecular weight excluding hydrogens is 286 g/mol. The van der Waals surface area contributed by atoms with Gasteiger partial charge in [-0.3, -0.25) is 0 Å². The van der Waals surface area contributed by atoms with Crippen LogP contribution in [0.3, 0.4) is 0 Å². The van der Waals surface area contributed by atoms with Gasteiger partial charge in [0.2, 0.25) is 0 Å². The van der Waals surface area contributed by atoms with Crippen LogP contribution in [0.25, 0.3) is 10.9 Å². The standard InChI is InChI=1S/C17H16ClNO2/c1-21-15-4-2-3-12(7-15)9-19-10-13(11-20)16-6-5-14(18)8-17(16)19/h2-8,10,20H,9,11H2,1H3. The monoisotopic (exact) mass is 301 g/mol. The maximum absolute atomic E-state index is 9.50. The number of methoxy groups -OCH3 is 1. The molecule has 0 radical (unpaired) electrons. The highest BCUT2D eigenvalue weighted by Crippen LogP contribution is 2.26. The molecule has 0 spiro atoms. The van der Waals surface area contributed by atoms with Crippen LogP contribution in [0.1, 0.15) is 11.1 Å². The maximum Gasteiger partial charge on any atom is 0.119 e. The number of halogens is 1. The second-order valence-corrected chi connectivity index (χ2v) is 5.39. The Hall–Kier alpha value is -1.97. The number of aromatic nitrogens is 1. The van der Waals surface area contributed by atoms with Crippen molar-refractivity contribution in [2.24, 2.45) is 0 Å². The van der Waals surface area contributed by atoms with Crippen molar-refractivity contribution in [2.45, 2.75) is 13.2 Å². The van der Waals surface area contributed by atoms with Gasteiger partial charge in [0.15, 0.2) is 0 Å². The molecule has 3 nitrogen and oxygen atoms in total. The van der Waals surface area contributed by atoms with E-state index in [0.29, 0.717) is 11.6 Å². The molecule has 0 atom stereocenters. The first-order valence-corrected chi connectivity index (χ1v) is 7.10. The molecule has 1 aromatic heterocycles. The average molecular weight is 302 g/mol. The van der Waals surface area contributed by atoms with E-state index < -0.39 is 0 Å². The zero-order chi connectivity index (χ0) is 14.8. The van der Waals surface area contributed by atoms with Crippen LogP contribution in [0, 0.1) is 0 Å². The van der Waals surface area contributed by atoms with Crippen LogP contribution in [0.15, 0.2) is 48.7 Å². The molecule has 2 aromatic carbocycles. The molecule has 0 saturated heterocycles. The van der Waals surface area contributed by atoms with Crippen LogP contribution in [0.4, 0.5) is 0 Å². The Morgan fingerprint density at radius 3 is 2.81 bits per heavy atom. The fraction of sp³-hybridized carbons (Fsp3) is 0.176. The summed E-state index contributed by atoms with van der Waals surface area (Å²) >= 11 is 6.10. The van der Waals surface area contributed by atoms with Gasteiger partial charge in [0, 0.05) is 28.7 Å². The third-order valence-corrected chi connectivity index (χ3v) is 3.82. The Labute approximate surface area is 128 Å². The van der Waals surface area contributed by atoms with Crippen LogP contribution in [0.2, 0.25) is 5.02 Å². The van der Waals surface area contributed by atoms with Crippen molar-refractivity contribution in [3.05, 3.63) is 64.8 Å². The highest BCUT2D eigenvalue weighted by atomic mass is 35.5. The van der Waals surface area contributed by atoms with Gasteiger partial charge in [-0.1, -0.05) is 29.8 Å². The number of fused-ring (bicyclic) bond motifs is 1. The van der Waals surface area contributed by atoms with Crippen molar-refractivity contribution in [3.8, 4) is 5.75 Å². The highest BCUT2D eigenvalue weighted by Gasteiger charge is 2.09. The van der Waals surface area contributed by atoms with E-state index in [9.17, 15) is 5.11 Å². The normalized spacial score (nSPS) is 11.0. The third kappa shape index (κ3) is 2.75. The van der Waals surface area contributed by atoms with E-state index in [1.54, 1.807) is 7.11 Å². The molecule has 0 amide bonds. The number of benzene rings is 2. The molecule has 0 aliphatic rings. The Morgan fingerprint density at radius 2 is 2.05 bits per heavy atom. The summed E-state index contributed by atoms with van der Waals surface area (Å²) in [5.41, 5.74) is 3.06. The second-order valence-electron chi connectivity index (χ2n) is 4.95. The summed E-state index contributed by atoms with van der Waals surface area (Å²) < 4.78 is 7.35. The van der Waals surface area contributed by atoms with E-state index in [1.807, 2.05) is 42.6 Å². The summed E-state index contributed by atoms with van der Waals surface area (Å²) in [6, 6.07) is 13.7. The van der Waals surface area contributed by atoms with Gasteiger partial charge in [0.25, 0.3) is 0 Å². The van der Waals surface area contributed by atoms with Gasteiger partial charge in [-0.05, 0) is 29.8 Å². The SMILES string of the molecule is COc1cccc(Cn2cc(CO)c3ccc(Cl)cc32)c1. The summed E-state index contributed by atoms with van der Waals surface area (Å²) in [4.78, 5) is 0. The molecule has 0 unspecified atom stereocenters. The smallest absolute Gasteiger partial charge is 0.119 e. The van der Waals surface area contributed by atoms with Crippen LogP contribution in [-0.4, -0.2) is 16.8 Å². The van der Waals surface area contributed by atoms with Gasteiger partial charge in [0.05, 0.1) is 19.2 Å². The van der Waals surface area contributed by atoms with Crippen molar-refractivity contribution in [2.75, 3.05) is 7.11 Å². The fourth-order valence-electron chi connectivity index (χ4n) is 2.57. The van der Waals surface area contributed by atoms with Crippen molar-refractivity contribution < 1.29 is 9.84 Å². The average Bonchev–Trinajstić information content (AvgIpc) is 2.84. The van der Waals surface area contributed by atoms with Gasteiger partial charge in [0.1, 0.15) is 5.75 Å². The number of aliphatic hydroxyl groups excluding tert-OH is 1. The van der Waals surface area contributed by atoms with Crippen LogP contribution >= 0.6 is 11.6 Å². The molecule has 1 heterocycles. The molecule has 3 rings (SSSR count). The molecular formula is C17H16ClNO2. The number of hydrogen-bond acceptors (Lipinski definition) is 2. The lowest BCUT2D eigenvalue weighted by Crippen LogP contribution is -1.98. The third-order valence-electron chi connectivity index (χ3n) is 3.58. The van der Waals surface area contributed by atoms with Crippen molar-refractivity contribution in [3.63, 3.8) is 0 Å².